The molecule has 0 bridgehead atoms. The molecule has 0 aliphatic carbocycles. The first kappa shape index (κ1) is 17.5. The van der Waals surface area contributed by atoms with Crippen LogP contribution in [0.4, 0.5) is 5.69 Å². The van der Waals surface area contributed by atoms with Gasteiger partial charge in [0.1, 0.15) is 0 Å². The van der Waals surface area contributed by atoms with Gasteiger partial charge in [-0.2, -0.15) is 0 Å². The lowest BCUT2D eigenvalue weighted by atomic mass is 10.0. The molecule has 21 heavy (non-hydrogen) atoms. The fourth-order valence-corrected chi connectivity index (χ4v) is 2.67. The number of carbonyl (C=O) groups excluding carboxylic acids is 1. The van der Waals surface area contributed by atoms with Crippen molar-refractivity contribution in [3.63, 3.8) is 0 Å². The van der Waals surface area contributed by atoms with E-state index in [1.54, 1.807) is 0 Å². The molecule has 0 aliphatic heterocycles. The molecule has 0 spiro atoms. The molecule has 3 N–H and O–H groups in total. The van der Waals surface area contributed by atoms with Crippen LogP contribution in [0.25, 0.3) is 0 Å². The van der Waals surface area contributed by atoms with Gasteiger partial charge in [-0.05, 0) is 49.4 Å². The summed E-state index contributed by atoms with van der Waals surface area (Å²) < 4.78 is 0. The van der Waals surface area contributed by atoms with Crippen LogP contribution in [0.1, 0.15) is 56.5 Å². The fraction of sp³-hybridized carbons (Fsp3) is 0.588. The third-order valence-corrected chi connectivity index (χ3v) is 3.83. The Balaban J connectivity index is 3.09. The third kappa shape index (κ3) is 4.46. The highest BCUT2D eigenvalue weighted by molar-refractivity contribution is 5.96. The second-order valence-electron chi connectivity index (χ2n) is 6.00. The van der Waals surface area contributed by atoms with E-state index >= 15 is 0 Å². The van der Waals surface area contributed by atoms with E-state index in [9.17, 15) is 4.79 Å². The van der Waals surface area contributed by atoms with Gasteiger partial charge in [-0.3, -0.25) is 10.6 Å². The van der Waals surface area contributed by atoms with Crippen molar-refractivity contribution in [2.24, 2.45) is 11.8 Å². The van der Waals surface area contributed by atoms with Crippen LogP contribution >= 0.6 is 0 Å². The monoisotopic (exact) mass is 291 g/mol. The zero-order chi connectivity index (χ0) is 16.0. The van der Waals surface area contributed by atoms with Gasteiger partial charge in [0, 0.05) is 23.8 Å². The van der Waals surface area contributed by atoms with E-state index in [0.29, 0.717) is 12.0 Å². The second-order valence-corrected chi connectivity index (χ2v) is 6.00. The van der Waals surface area contributed by atoms with Crippen molar-refractivity contribution in [1.29, 1.82) is 0 Å². The van der Waals surface area contributed by atoms with Crippen LogP contribution in [0.15, 0.2) is 18.2 Å². The topological polar surface area (TPSA) is 58.4 Å². The lowest BCUT2D eigenvalue weighted by Gasteiger charge is -2.32. The molecule has 0 saturated carbocycles. The molecule has 1 aromatic carbocycles. The van der Waals surface area contributed by atoms with Crippen molar-refractivity contribution in [3.8, 4) is 0 Å². The van der Waals surface area contributed by atoms with Crippen LogP contribution in [0.5, 0.6) is 0 Å². The summed E-state index contributed by atoms with van der Waals surface area (Å²) >= 11 is 0. The van der Waals surface area contributed by atoms with E-state index in [-0.39, 0.29) is 5.91 Å². The highest BCUT2D eigenvalue weighted by atomic mass is 16.2. The van der Waals surface area contributed by atoms with Crippen molar-refractivity contribution >= 4 is 11.6 Å². The summed E-state index contributed by atoms with van der Waals surface area (Å²) in [6.45, 7) is 11.3. The van der Waals surface area contributed by atoms with Crippen LogP contribution in [-0.2, 0) is 0 Å². The van der Waals surface area contributed by atoms with Crippen molar-refractivity contribution in [2.75, 3.05) is 12.0 Å². The van der Waals surface area contributed by atoms with Gasteiger partial charge in [0.2, 0.25) is 0 Å². The fourth-order valence-electron chi connectivity index (χ4n) is 2.67. The lowest BCUT2D eigenvalue weighted by molar-refractivity contribution is 0.0639. The number of benzene rings is 1. The van der Waals surface area contributed by atoms with Gasteiger partial charge in [-0.1, -0.05) is 27.7 Å². The average Bonchev–Trinajstić information content (AvgIpc) is 2.46. The molecule has 1 rings (SSSR count). The van der Waals surface area contributed by atoms with E-state index in [2.05, 4.69) is 33.1 Å². The Morgan fingerprint density at radius 1 is 1.29 bits per heavy atom. The maximum Gasteiger partial charge on any atom is 0.254 e. The van der Waals surface area contributed by atoms with Crippen LogP contribution in [0.2, 0.25) is 0 Å². The molecular formula is C17H29N3O. The SMILES string of the molecule is CCC(CC)N(CC(C)C)C(=O)c1ccc(NN)cc1C. The number of anilines is 1. The van der Waals surface area contributed by atoms with Gasteiger partial charge in [0.15, 0.2) is 0 Å². The summed E-state index contributed by atoms with van der Waals surface area (Å²) in [7, 11) is 0. The molecule has 0 aromatic heterocycles. The normalized spacial score (nSPS) is 11.0. The molecule has 0 saturated heterocycles. The summed E-state index contributed by atoms with van der Waals surface area (Å²) in [6.07, 6.45) is 1.97. The molecule has 1 amide bonds. The van der Waals surface area contributed by atoms with E-state index in [1.165, 1.54) is 0 Å². The van der Waals surface area contributed by atoms with Crippen molar-refractivity contribution in [1.82, 2.24) is 4.90 Å². The molecule has 0 atom stereocenters. The van der Waals surface area contributed by atoms with Gasteiger partial charge >= 0.3 is 0 Å². The third-order valence-electron chi connectivity index (χ3n) is 3.83. The van der Waals surface area contributed by atoms with Gasteiger partial charge < -0.3 is 10.3 Å². The Morgan fingerprint density at radius 3 is 2.33 bits per heavy atom. The molecular weight excluding hydrogens is 262 g/mol. The summed E-state index contributed by atoms with van der Waals surface area (Å²) in [6, 6.07) is 5.92. The number of amides is 1. The Hall–Kier alpha value is -1.55. The number of nitrogens with two attached hydrogens (primary N) is 1. The number of hydrogen-bond donors (Lipinski definition) is 2. The lowest BCUT2D eigenvalue weighted by Crippen LogP contribution is -2.42. The molecule has 0 aliphatic rings. The van der Waals surface area contributed by atoms with Gasteiger partial charge in [-0.25, -0.2) is 0 Å². The number of nitrogens with one attached hydrogen (secondary N) is 1. The first-order valence-corrected chi connectivity index (χ1v) is 7.82. The van der Waals surface area contributed by atoms with Gasteiger partial charge in [0.25, 0.3) is 5.91 Å². The van der Waals surface area contributed by atoms with E-state index in [0.717, 1.165) is 36.2 Å². The number of nitrogens with zero attached hydrogens (tertiary/aromatic N) is 1. The van der Waals surface area contributed by atoms with Gasteiger partial charge in [0.05, 0.1) is 0 Å². The summed E-state index contributed by atoms with van der Waals surface area (Å²) in [4.78, 5) is 15.0. The number of aryl methyl sites for hydroxylation is 1. The zero-order valence-electron chi connectivity index (χ0n) is 13.9. The van der Waals surface area contributed by atoms with Crippen molar-refractivity contribution in [2.45, 2.75) is 53.5 Å². The van der Waals surface area contributed by atoms with Gasteiger partial charge in [-0.15, -0.1) is 0 Å². The van der Waals surface area contributed by atoms with Crippen LogP contribution < -0.4 is 11.3 Å². The smallest absolute Gasteiger partial charge is 0.254 e. The number of hydrogen-bond acceptors (Lipinski definition) is 3. The highest BCUT2D eigenvalue weighted by Crippen LogP contribution is 2.20. The first-order valence-electron chi connectivity index (χ1n) is 7.82. The van der Waals surface area contributed by atoms with E-state index < -0.39 is 0 Å². The number of hydrazine groups is 1. The van der Waals surface area contributed by atoms with Crippen LogP contribution in [0.3, 0.4) is 0 Å². The Kier molecular flexibility index (Phi) is 6.69. The van der Waals surface area contributed by atoms with Crippen LogP contribution in [0, 0.1) is 12.8 Å². The standard InChI is InChI=1S/C17H29N3O/c1-6-15(7-2)20(11-12(3)4)17(21)16-9-8-14(19-18)10-13(16)5/h8-10,12,15,19H,6-7,11,18H2,1-5H3. The first-order chi connectivity index (χ1) is 9.94. The number of nitrogen functional groups attached to an aromatic ring is 1. The molecule has 4 nitrogen and oxygen atoms in total. The average molecular weight is 291 g/mol. The van der Waals surface area contributed by atoms with E-state index in [1.807, 2.05) is 30.0 Å². The van der Waals surface area contributed by atoms with Crippen LogP contribution in [-0.4, -0.2) is 23.4 Å². The number of carbonyl (C=O) groups is 1. The Bertz CT molecular complexity index is 467. The minimum absolute atomic E-state index is 0.124. The van der Waals surface area contributed by atoms with E-state index in [4.69, 9.17) is 5.84 Å². The van der Waals surface area contributed by atoms with Crippen molar-refractivity contribution < 1.29 is 4.79 Å². The summed E-state index contributed by atoms with van der Waals surface area (Å²) in [5.41, 5.74) is 5.16. The quantitative estimate of drug-likeness (QED) is 0.596. The molecule has 1 aromatic rings. The molecule has 4 heteroatoms. The zero-order valence-corrected chi connectivity index (χ0v) is 13.9. The second kappa shape index (κ2) is 8.03. The minimum atomic E-state index is 0.124. The molecule has 0 fully saturated rings. The molecule has 0 unspecified atom stereocenters. The predicted molar refractivity (Wildman–Crippen MR) is 89.2 cm³/mol. The molecule has 0 heterocycles. The molecule has 0 radical (unpaired) electrons. The Morgan fingerprint density at radius 2 is 1.90 bits per heavy atom. The minimum Gasteiger partial charge on any atom is -0.335 e. The largest absolute Gasteiger partial charge is 0.335 e. The summed E-state index contributed by atoms with van der Waals surface area (Å²) in [5, 5.41) is 0. The highest BCUT2D eigenvalue weighted by Gasteiger charge is 2.24. The maximum absolute atomic E-state index is 12.9. The predicted octanol–water partition coefficient (Wildman–Crippen LogP) is 3.57. The number of rotatable bonds is 7. The Labute approximate surface area is 128 Å². The maximum atomic E-state index is 12.9. The van der Waals surface area contributed by atoms with Crippen molar-refractivity contribution in [3.05, 3.63) is 29.3 Å². The molecule has 118 valence electrons. The summed E-state index contributed by atoms with van der Waals surface area (Å²) in [5.74, 6) is 6.00.